The van der Waals surface area contributed by atoms with Gasteiger partial charge in [-0.1, -0.05) is 30.1 Å². The number of carboxylic acid groups (broad SMARTS) is 1. The molecule has 0 aliphatic heterocycles. The normalized spacial score (nSPS) is 12.2. The van der Waals surface area contributed by atoms with Crippen molar-refractivity contribution in [2.45, 2.75) is 32.7 Å². The number of aryl methyl sites for hydroxylation is 1. The van der Waals surface area contributed by atoms with Gasteiger partial charge in [-0.05, 0) is 37.1 Å². The Balaban J connectivity index is 2.46. The maximum atomic E-state index is 11.4. The number of carbonyl (C=O) groups is 1. The molecule has 124 valence electrons. The van der Waals surface area contributed by atoms with Crippen LogP contribution in [-0.2, 0) is 11.2 Å². The highest BCUT2D eigenvalue weighted by molar-refractivity contribution is 6.34. The third kappa shape index (κ3) is 3.79. The zero-order chi connectivity index (χ0) is 17.1. The van der Waals surface area contributed by atoms with E-state index in [4.69, 9.17) is 27.9 Å². The Morgan fingerprint density at radius 1 is 1.35 bits per heavy atom. The number of carboxylic acids is 1. The van der Waals surface area contributed by atoms with Gasteiger partial charge < -0.3 is 9.84 Å². The number of aliphatic carboxylic acids is 1. The number of hydrogen-bond donors (Lipinski definition) is 1. The summed E-state index contributed by atoms with van der Waals surface area (Å²) in [5.74, 6) is -0.488. The number of halogens is 2. The van der Waals surface area contributed by atoms with Gasteiger partial charge in [0.15, 0.2) is 6.04 Å². The summed E-state index contributed by atoms with van der Waals surface area (Å²) >= 11 is 12.1. The van der Waals surface area contributed by atoms with Gasteiger partial charge in [0, 0.05) is 22.0 Å². The van der Waals surface area contributed by atoms with E-state index >= 15 is 0 Å². The predicted molar refractivity (Wildman–Crippen MR) is 89.7 cm³/mol. The van der Waals surface area contributed by atoms with E-state index < -0.39 is 12.0 Å². The van der Waals surface area contributed by atoms with Crippen molar-refractivity contribution >= 4 is 29.2 Å². The quantitative estimate of drug-likeness (QED) is 0.844. The van der Waals surface area contributed by atoms with Crippen molar-refractivity contribution in [1.82, 2.24) is 9.78 Å². The highest BCUT2D eigenvalue weighted by atomic mass is 35.5. The number of hydrogen-bond acceptors (Lipinski definition) is 3. The number of aromatic nitrogens is 2. The monoisotopic (exact) mass is 356 g/mol. The van der Waals surface area contributed by atoms with Crippen molar-refractivity contribution in [3.63, 3.8) is 0 Å². The van der Waals surface area contributed by atoms with E-state index in [1.165, 1.54) is 11.8 Å². The van der Waals surface area contributed by atoms with Crippen LogP contribution in [0.25, 0.3) is 0 Å². The maximum absolute atomic E-state index is 11.4. The van der Waals surface area contributed by atoms with Crippen molar-refractivity contribution in [1.29, 1.82) is 0 Å². The Morgan fingerprint density at radius 3 is 2.43 bits per heavy atom. The Hall–Kier alpha value is -1.72. The fourth-order valence-electron chi connectivity index (χ4n) is 2.56. The molecule has 0 spiro atoms. The zero-order valence-corrected chi connectivity index (χ0v) is 14.6. The molecule has 23 heavy (non-hydrogen) atoms. The molecule has 1 N–H and O–H groups in total. The molecule has 1 unspecified atom stereocenters. The third-order valence-electron chi connectivity index (χ3n) is 3.62. The largest absolute Gasteiger partial charge is 0.481 e. The van der Waals surface area contributed by atoms with E-state index in [1.807, 2.05) is 19.1 Å². The van der Waals surface area contributed by atoms with Gasteiger partial charge in [0.1, 0.15) is 0 Å². The molecule has 0 saturated heterocycles. The van der Waals surface area contributed by atoms with Gasteiger partial charge in [-0.3, -0.25) is 0 Å². The highest BCUT2D eigenvalue weighted by Crippen LogP contribution is 2.30. The van der Waals surface area contributed by atoms with Crippen LogP contribution < -0.4 is 4.74 Å². The summed E-state index contributed by atoms with van der Waals surface area (Å²) in [7, 11) is 1.51. The summed E-state index contributed by atoms with van der Waals surface area (Å²) in [4.78, 5) is 11.4. The van der Waals surface area contributed by atoms with Crippen molar-refractivity contribution in [2.24, 2.45) is 0 Å². The standard InChI is InChI=1S/C16H18Cl2N2O3/c1-4-14(16(21)22)20-15(23-3)13(9(2)19-20)7-10-5-11(17)8-12(18)6-10/h5-6,8,14H,4,7H2,1-3H3,(H,21,22). The first kappa shape index (κ1) is 17.6. The van der Waals surface area contributed by atoms with Gasteiger partial charge >= 0.3 is 5.97 Å². The molecule has 2 aromatic rings. The molecule has 0 saturated carbocycles. The Labute approximate surface area is 144 Å². The minimum absolute atomic E-state index is 0.412. The molecule has 1 aromatic carbocycles. The smallest absolute Gasteiger partial charge is 0.328 e. The Bertz CT molecular complexity index is 708. The van der Waals surface area contributed by atoms with Crippen LogP contribution in [0.4, 0.5) is 0 Å². The zero-order valence-electron chi connectivity index (χ0n) is 13.1. The first-order valence-corrected chi connectivity index (χ1v) is 7.92. The lowest BCUT2D eigenvalue weighted by Crippen LogP contribution is -2.20. The number of nitrogens with zero attached hydrogens (tertiary/aromatic N) is 2. The molecule has 1 heterocycles. The van der Waals surface area contributed by atoms with Crippen molar-refractivity contribution < 1.29 is 14.6 Å². The fraction of sp³-hybridized carbons (Fsp3) is 0.375. The van der Waals surface area contributed by atoms with Gasteiger partial charge in [0.25, 0.3) is 0 Å². The van der Waals surface area contributed by atoms with E-state index in [1.54, 1.807) is 13.0 Å². The number of rotatable bonds is 6. The molecule has 0 bridgehead atoms. The maximum Gasteiger partial charge on any atom is 0.328 e. The molecule has 0 radical (unpaired) electrons. The third-order valence-corrected chi connectivity index (χ3v) is 4.06. The topological polar surface area (TPSA) is 64.3 Å². The van der Waals surface area contributed by atoms with Crippen LogP contribution in [0.2, 0.25) is 10.0 Å². The van der Waals surface area contributed by atoms with Crippen molar-refractivity contribution in [2.75, 3.05) is 7.11 Å². The van der Waals surface area contributed by atoms with Crippen LogP contribution in [0.1, 0.15) is 36.2 Å². The molecule has 7 heteroatoms. The van der Waals surface area contributed by atoms with Gasteiger partial charge in [-0.2, -0.15) is 5.10 Å². The Kier molecular flexibility index (Phi) is 5.55. The van der Waals surface area contributed by atoms with Crippen LogP contribution in [0.5, 0.6) is 5.88 Å². The molecular weight excluding hydrogens is 339 g/mol. The average Bonchev–Trinajstić information content (AvgIpc) is 2.74. The summed E-state index contributed by atoms with van der Waals surface area (Å²) in [6, 6.07) is 4.54. The van der Waals surface area contributed by atoms with Crippen molar-refractivity contribution in [3.05, 3.63) is 45.1 Å². The number of benzene rings is 1. The van der Waals surface area contributed by atoms with E-state index in [0.29, 0.717) is 28.8 Å². The summed E-state index contributed by atoms with van der Waals surface area (Å²) < 4.78 is 6.86. The minimum Gasteiger partial charge on any atom is -0.481 e. The lowest BCUT2D eigenvalue weighted by molar-refractivity contribution is -0.141. The lowest BCUT2D eigenvalue weighted by Gasteiger charge is -2.14. The first-order chi connectivity index (χ1) is 10.9. The molecular formula is C16H18Cl2N2O3. The minimum atomic E-state index is -0.939. The molecule has 1 aromatic heterocycles. The molecule has 2 rings (SSSR count). The van der Waals surface area contributed by atoms with Crippen LogP contribution in [-0.4, -0.2) is 28.0 Å². The van der Waals surface area contributed by atoms with Gasteiger partial charge in [0.2, 0.25) is 5.88 Å². The summed E-state index contributed by atoms with van der Waals surface area (Å²) in [5, 5.41) is 14.8. The van der Waals surface area contributed by atoms with Crippen LogP contribution >= 0.6 is 23.2 Å². The van der Waals surface area contributed by atoms with Crippen LogP contribution in [0.3, 0.4) is 0 Å². The molecule has 0 amide bonds. The summed E-state index contributed by atoms with van der Waals surface area (Å²) in [6.45, 7) is 3.63. The second kappa shape index (κ2) is 7.23. The SMILES string of the molecule is CCC(C(=O)O)n1nc(C)c(Cc2cc(Cl)cc(Cl)c2)c1OC. The highest BCUT2D eigenvalue weighted by Gasteiger charge is 2.26. The molecule has 0 fully saturated rings. The van der Waals surface area contributed by atoms with E-state index in [2.05, 4.69) is 5.10 Å². The summed E-state index contributed by atoms with van der Waals surface area (Å²) in [6.07, 6.45) is 0.917. The number of ether oxygens (including phenoxy) is 1. The second-order valence-corrected chi connectivity index (χ2v) is 6.11. The average molecular weight is 357 g/mol. The van der Waals surface area contributed by atoms with E-state index in [9.17, 15) is 9.90 Å². The molecule has 1 atom stereocenters. The van der Waals surface area contributed by atoms with Crippen LogP contribution in [0, 0.1) is 6.92 Å². The van der Waals surface area contributed by atoms with E-state index in [-0.39, 0.29) is 0 Å². The van der Waals surface area contributed by atoms with Gasteiger partial charge in [-0.25, -0.2) is 9.48 Å². The second-order valence-electron chi connectivity index (χ2n) is 5.23. The van der Waals surface area contributed by atoms with Gasteiger partial charge in [-0.15, -0.1) is 0 Å². The van der Waals surface area contributed by atoms with E-state index in [0.717, 1.165) is 16.8 Å². The first-order valence-electron chi connectivity index (χ1n) is 7.17. The summed E-state index contributed by atoms with van der Waals surface area (Å²) in [5.41, 5.74) is 2.45. The number of methoxy groups -OCH3 is 1. The Morgan fingerprint density at radius 2 is 1.96 bits per heavy atom. The molecule has 5 nitrogen and oxygen atoms in total. The van der Waals surface area contributed by atoms with Crippen LogP contribution in [0.15, 0.2) is 18.2 Å². The predicted octanol–water partition coefficient (Wildman–Crippen LogP) is 4.13. The van der Waals surface area contributed by atoms with Crippen molar-refractivity contribution in [3.8, 4) is 5.88 Å². The van der Waals surface area contributed by atoms with Gasteiger partial charge in [0.05, 0.1) is 12.8 Å². The molecule has 0 aliphatic carbocycles. The molecule has 0 aliphatic rings. The lowest BCUT2D eigenvalue weighted by atomic mass is 10.1. The fourth-order valence-corrected chi connectivity index (χ4v) is 3.13.